The molecule has 146 valence electrons. The van der Waals surface area contributed by atoms with Gasteiger partial charge in [0.15, 0.2) is 0 Å². The van der Waals surface area contributed by atoms with Crippen molar-refractivity contribution in [2.45, 2.75) is 26.2 Å². The van der Waals surface area contributed by atoms with E-state index in [-0.39, 0.29) is 0 Å². The number of carboxylic acids is 1. The Morgan fingerprint density at radius 3 is 2.11 bits per heavy atom. The lowest BCUT2D eigenvalue weighted by atomic mass is 9.92. The summed E-state index contributed by atoms with van der Waals surface area (Å²) in [6, 6.07) is 14.9. The molecule has 0 bridgehead atoms. The Bertz CT molecular complexity index is 693. The third-order valence-electron chi connectivity index (χ3n) is 4.75. The van der Waals surface area contributed by atoms with Crippen LogP contribution in [0.1, 0.15) is 30.9 Å². The SMILES string of the molecule is CCN(CC)CCOc1ccc(CC(C(=O)O)c2ccc(OC)cc2)cc1. The monoisotopic (exact) mass is 371 g/mol. The molecule has 2 rings (SSSR count). The molecule has 0 radical (unpaired) electrons. The summed E-state index contributed by atoms with van der Waals surface area (Å²) in [6.45, 7) is 7.85. The Labute approximate surface area is 161 Å². The van der Waals surface area contributed by atoms with Crippen LogP contribution in [0.3, 0.4) is 0 Å². The number of hydrogen-bond donors (Lipinski definition) is 1. The smallest absolute Gasteiger partial charge is 0.311 e. The molecular formula is C22H29NO4. The maximum absolute atomic E-state index is 11.7. The fourth-order valence-electron chi connectivity index (χ4n) is 2.97. The average molecular weight is 371 g/mol. The zero-order valence-electron chi connectivity index (χ0n) is 16.4. The molecule has 1 N–H and O–H groups in total. The maximum Gasteiger partial charge on any atom is 0.311 e. The molecule has 0 aliphatic carbocycles. The summed E-state index contributed by atoms with van der Waals surface area (Å²) in [4.78, 5) is 14.0. The van der Waals surface area contributed by atoms with Gasteiger partial charge in [-0.2, -0.15) is 0 Å². The molecule has 0 spiro atoms. The molecule has 27 heavy (non-hydrogen) atoms. The van der Waals surface area contributed by atoms with Crippen molar-refractivity contribution in [3.63, 3.8) is 0 Å². The van der Waals surface area contributed by atoms with Gasteiger partial charge >= 0.3 is 5.97 Å². The molecule has 0 aliphatic heterocycles. The van der Waals surface area contributed by atoms with Gasteiger partial charge in [-0.15, -0.1) is 0 Å². The highest BCUT2D eigenvalue weighted by molar-refractivity contribution is 5.76. The number of nitrogens with zero attached hydrogens (tertiary/aromatic N) is 1. The number of benzene rings is 2. The molecule has 0 fully saturated rings. The van der Waals surface area contributed by atoms with Crippen LogP contribution in [0.4, 0.5) is 0 Å². The van der Waals surface area contributed by atoms with Gasteiger partial charge in [-0.25, -0.2) is 0 Å². The molecule has 0 saturated carbocycles. The van der Waals surface area contributed by atoms with Crippen molar-refractivity contribution in [1.82, 2.24) is 4.90 Å². The van der Waals surface area contributed by atoms with E-state index in [4.69, 9.17) is 9.47 Å². The highest BCUT2D eigenvalue weighted by Crippen LogP contribution is 2.24. The summed E-state index contributed by atoms with van der Waals surface area (Å²) in [5.41, 5.74) is 1.73. The van der Waals surface area contributed by atoms with Crippen molar-refractivity contribution in [3.8, 4) is 11.5 Å². The topological polar surface area (TPSA) is 59.0 Å². The van der Waals surface area contributed by atoms with Gasteiger partial charge < -0.3 is 19.5 Å². The summed E-state index contributed by atoms with van der Waals surface area (Å²) in [5, 5.41) is 9.62. The van der Waals surface area contributed by atoms with E-state index in [1.165, 1.54) is 0 Å². The van der Waals surface area contributed by atoms with E-state index in [1.807, 2.05) is 36.4 Å². The lowest BCUT2D eigenvalue weighted by Crippen LogP contribution is -2.27. The fourth-order valence-corrected chi connectivity index (χ4v) is 2.97. The van der Waals surface area contributed by atoms with Gasteiger partial charge in [0, 0.05) is 6.54 Å². The second-order valence-electron chi connectivity index (χ2n) is 6.39. The number of hydrogen-bond acceptors (Lipinski definition) is 4. The number of methoxy groups -OCH3 is 1. The Balaban J connectivity index is 1.97. The Morgan fingerprint density at radius 1 is 1.00 bits per heavy atom. The molecule has 1 unspecified atom stereocenters. The van der Waals surface area contributed by atoms with Crippen LogP contribution < -0.4 is 9.47 Å². The highest BCUT2D eigenvalue weighted by Gasteiger charge is 2.20. The van der Waals surface area contributed by atoms with E-state index in [2.05, 4.69) is 18.7 Å². The van der Waals surface area contributed by atoms with Gasteiger partial charge in [0.2, 0.25) is 0 Å². The fraction of sp³-hybridized carbons (Fsp3) is 0.409. The number of ether oxygens (including phenoxy) is 2. The normalized spacial score (nSPS) is 12.0. The van der Waals surface area contributed by atoms with Crippen LogP contribution >= 0.6 is 0 Å². The van der Waals surface area contributed by atoms with Gasteiger partial charge in [-0.05, 0) is 54.9 Å². The van der Waals surface area contributed by atoms with E-state index >= 15 is 0 Å². The van der Waals surface area contributed by atoms with E-state index in [0.29, 0.717) is 18.8 Å². The molecule has 2 aromatic rings. The van der Waals surface area contributed by atoms with Crippen molar-refractivity contribution in [3.05, 3.63) is 59.7 Å². The predicted octanol–water partition coefficient (Wildman–Crippen LogP) is 3.83. The summed E-state index contributed by atoms with van der Waals surface area (Å²) in [5.74, 6) is 0.0985. The van der Waals surface area contributed by atoms with Crippen LogP contribution in [-0.2, 0) is 11.2 Å². The first kappa shape index (κ1) is 20.8. The predicted molar refractivity (Wildman–Crippen MR) is 107 cm³/mol. The second-order valence-corrected chi connectivity index (χ2v) is 6.39. The summed E-state index contributed by atoms with van der Waals surface area (Å²) < 4.78 is 10.9. The van der Waals surface area contributed by atoms with E-state index < -0.39 is 11.9 Å². The number of likely N-dealkylation sites (N-methyl/N-ethyl adjacent to an activating group) is 1. The lowest BCUT2D eigenvalue weighted by Gasteiger charge is -2.18. The Hall–Kier alpha value is -2.53. The van der Waals surface area contributed by atoms with Crippen molar-refractivity contribution in [2.75, 3.05) is 33.4 Å². The third-order valence-corrected chi connectivity index (χ3v) is 4.75. The van der Waals surface area contributed by atoms with Crippen molar-refractivity contribution >= 4 is 5.97 Å². The van der Waals surface area contributed by atoms with Crippen molar-refractivity contribution in [2.24, 2.45) is 0 Å². The first-order valence-electron chi connectivity index (χ1n) is 9.38. The molecule has 2 aromatic carbocycles. The summed E-state index contributed by atoms with van der Waals surface area (Å²) in [6.07, 6.45) is 0.432. The largest absolute Gasteiger partial charge is 0.497 e. The maximum atomic E-state index is 11.7. The van der Waals surface area contributed by atoms with E-state index in [0.717, 1.165) is 36.5 Å². The quantitative estimate of drug-likeness (QED) is 0.651. The minimum Gasteiger partial charge on any atom is -0.497 e. The zero-order valence-corrected chi connectivity index (χ0v) is 16.4. The average Bonchev–Trinajstić information content (AvgIpc) is 2.70. The van der Waals surface area contributed by atoms with Gasteiger partial charge in [-0.1, -0.05) is 38.1 Å². The minimum absolute atomic E-state index is 0.432. The molecule has 0 saturated heterocycles. The van der Waals surface area contributed by atoms with Crippen LogP contribution in [0.5, 0.6) is 11.5 Å². The second kappa shape index (κ2) is 10.6. The number of carboxylic acid groups (broad SMARTS) is 1. The van der Waals surface area contributed by atoms with Crippen molar-refractivity contribution in [1.29, 1.82) is 0 Å². The third kappa shape index (κ3) is 6.29. The van der Waals surface area contributed by atoms with Crippen LogP contribution in [0.15, 0.2) is 48.5 Å². The van der Waals surface area contributed by atoms with E-state index in [9.17, 15) is 9.90 Å². The molecule has 0 aromatic heterocycles. The minimum atomic E-state index is -0.834. The number of aliphatic carboxylic acids is 1. The lowest BCUT2D eigenvalue weighted by molar-refractivity contribution is -0.138. The van der Waals surface area contributed by atoms with Crippen molar-refractivity contribution < 1.29 is 19.4 Å². The van der Waals surface area contributed by atoms with Gasteiger partial charge in [-0.3, -0.25) is 4.79 Å². The first-order valence-corrected chi connectivity index (χ1v) is 9.38. The van der Waals surface area contributed by atoms with Crippen LogP contribution in [0.2, 0.25) is 0 Å². The van der Waals surface area contributed by atoms with Crippen LogP contribution in [0, 0.1) is 0 Å². The molecule has 0 amide bonds. The molecule has 0 aliphatic rings. The van der Waals surface area contributed by atoms with Gasteiger partial charge in [0.05, 0.1) is 13.0 Å². The van der Waals surface area contributed by atoms with E-state index in [1.54, 1.807) is 19.2 Å². The summed E-state index contributed by atoms with van der Waals surface area (Å²) >= 11 is 0. The van der Waals surface area contributed by atoms with Gasteiger partial charge in [0.25, 0.3) is 0 Å². The van der Waals surface area contributed by atoms with Crippen LogP contribution in [-0.4, -0.2) is 49.3 Å². The molecule has 0 heterocycles. The van der Waals surface area contributed by atoms with Gasteiger partial charge in [0.1, 0.15) is 18.1 Å². The molecular weight excluding hydrogens is 342 g/mol. The standard InChI is InChI=1S/C22H29NO4/c1-4-23(5-2)14-15-27-20-10-6-17(7-11-20)16-21(22(24)25)18-8-12-19(26-3)13-9-18/h6-13,21H,4-5,14-16H2,1-3H3,(H,24,25). The molecule has 5 heteroatoms. The molecule has 5 nitrogen and oxygen atoms in total. The first-order chi connectivity index (χ1) is 13.1. The summed E-state index contributed by atoms with van der Waals surface area (Å²) in [7, 11) is 1.59. The Kier molecular flexibility index (Phi) is 8.14. The zero-order chi connectivity index (χ0) is 19.6. The molecule has 1 atom stereocenters. The number of carbonyl (C=O) groups is 1. The Morgan fingerprint density at radius 2 is 1.59 bits per heavy atom. The number of rotatable bonds is 11. The van der Waals surface area contributed by atoms with Crippen LogP contribution in [0.25, 0.3) is 0 Å². The highest BCUT2D eigenvalue weighted by atomic mass is 16.5.